The molecule has 0 spiro atoms. The SMILES string of the molecule is O=[N+]([O-])c1ccc(-n2cccn2)c2ccncc12. The van der Waals surface area contributed by atoms with Gasteiger partial charge in [0.1, 0.15) is 0 Å². The van der Waals surface area contributed by atoms with Gasteiger partial charge in [0.2, 0.25) is 0 Å². The zero-order valence-electron chi connectivity index (χ0n) is 9.22. The van der Waals surface area contributed by atoms with Crippen molar-refractivity contribution in [2.45, 2.75) is 0 Å². The summed E-state index contributed by atoms with van der Waals surface area (Å²) in [5.74, 6) is 0. The van der Waals surface area contributed by atoms with E-state index >= 15 is 0 Å². The van der Waals surface area contributed by atoms with Crippen molar-refractivity contribution >= 4 is 16.5 Å². The lowest BCUT2D eigenvalue weighted by Gasteiger charge is -2.06. The van der Waals surface area contributed by atoms with Gasteiger partial charge in [0.05, 0.1) is 16.0 Å². The minimum atomic E-state index is -0.406. The van der Waals surface area contributed by atoms with Gasteiger partial charge in [-0.25, -0.2) is 4.68 Å². The number of nitro benzene ring substituents is 1. The highest BCUT2D eigenvalue weighted by atomic mass is 16.6. The third-order valence-corrected chi connectivity index (χ3v) is 2.72. The summed E-state index contributed by atoms with van der Waals surface area (Å²) in [6, 6.07) is 6.71. The lowest BCUT2D eigenvalue weighted by Crippen LogP contribution is -1.98. The van der Waals surface area contributed by atoms with E-state index in [9.17, 15) is 10.1 Å². The van der Waals surface area contributed by atoms with Gasteiger partial charge in [-0.3, -0.25) is 15.1 Å². The summed E-state index contributed by atoms with van der Waals surface area (Å²) in [4.78, 5) is 14.5. The normalized spacial score (nSPS) is 10.7. The van der Waals surface area contributed by atoms with Crippen LogP contribution in [0.5, 0.6) is 0 Å². The first-order valence-corrected chi connectivity index (χ1v) is 5.28. The molecule has 0 amide bonds. The molecule has 0 saturated carbocycles. The molecular formula is C12H8N4O2. The standard InChI is InChI=1S/C12H8N4O2/c17-16(18)12-3-2-11(15-7-1-5-14-15)9-4-6-13-8-10(9)12/h1-8H. The van der Waals surface area contributed by atoms with Gasteiger partial charge in [-0.2, -0.15) is 5.10 Å². The molecule has 0 aliphatic heterocycles. The number of aromatic nitrogens is 3. The first-order valence-electron chi connectivity index (χ1n) is 5.28. The molecule has 0 N–H and O–H groups in total. The Hall–Kier alpha value is -2.76. The molecule has 3 aromatic rings. The van der Waals surface area contributed by atoms with E-state index in [1.807, 2.05) is 0 Å². The molecule has 0 aliphatic carbocycles. The number of nitrogens with zero attached hydrogens (tertiary/aromatic N) is 4. The molecule has 0 saturated heterocycles. The van der Waals surface area contributed by atoms with Crippen molar-refractivity contribution in [1.82, 2.24) is 14.8 Å². The van der Waals surface area contributed by atoms with E-state index in [1.165, 1.54) is 12.3 Å². The van der Waals surface area contributed by atoms with Crippen LogP contribution in [0.15, 0.2) is 49.1 Å². The molecule has 1 aromatic carbocycles. The molecule has 88 valence electrons. The fourth-order valence-electron chi connectivity index (χ4n) is 1.93. The van der Waals surface area contributed by atoms with Crippen molar-refractivity contribution in [2.24, 2.45) is 0 Å². The third-order valence-electron chi connectivity index (χ3n) is 2.72. The van der Waals surface area contributed by atoms with Crippen molar-refractivity contribution in [3.05, 3.63) is 59.2 Å². The Morgan fingerprint density at radius 3 is 2.78 bits per heavy atom. The molecule has 3 rings (SSSR count). The Balaban J connectivity index is 2.37. The zero-order valence-corrected chi connectivity index (χ0v) is 9.22. The average molecular weight is 240 g/mol. The van der Waals surface area contributed by atoms with E-state index in [0.717, 1.165) is 11.1 Å². The summed E-state index contributed by atoms with van der Waals surface area (Å²) in [6.45, 7) is 0. The van der Waals surface area contributed by atoms with Gasteiger partial charge >= 0.3 is 0 Å². The van der Waals surface area contributed by atoms with Gasteiger partial charge in [0.25, 0.3) is 5.69 Å². The fraction of sp³-hybridized carbons (Fsp3) is 0. The van der Waals surface area contributed by atoms with E-state index in [1.54, 1.807) is 41.5 Å². The second-order valence-corrected chi connectivity index (χ2v) is 3.73. The van der Waals surface area contributed by atoms with Crippen molar-refractivity contribution in [3.63, 3.8) is 0 Å². The predicted molar refractivity (Wildman–Crippen MR) is 65.5 cm³/mol. The van der Waals surface area contributed by atoms with Crippen LogP contribution in [0.3, 0.4) is 0 Å². The monoisotopic (exact) mass is 240 g/mol. The number of rotatable bonds is 2. The van der Waals surface area contributed by atoms with Crippen LogP contribution in [-0.2, 0) is 0 Å². The maximum atomic E-state index is 11.0. The molecule has 0 fully saturated rings. The van der Waals surface area contributed by atoms with Crippen molar-refractivity contribution in [3.8, 4) is 5.69 Å². The van der Waals surface area contributed by atoms with Crippen LogP contribution in [0.4, 0.5) is 5.69 Å². The van der Waals surface area contributed by atoms with Gasteiger partial charge in [-0.15, -0.1) is 0 Å². The number of nitro groups is 1. The number of pyridine rings is 1. The highest BCUT2D eigenvalue weighted by molar-refractivity contribution is 5.96. The molecule has 6 heteroatoms. The lowest BCUT2D eigenvalue weighted by molar-refractivity contribution is -0.383. The molecule has 2 heterocycles. The van der Waals surface area contributed by atoms with E-state index in [4.69, 9.17) is 0 Å². The van der Waals surface area contributed by atoms with E-state index in [0.29, 0.717) is 5.39 Å². The molecular weight excluding hydrogens is 232 g/mol. The lowest BCUT2D eigenvalue weighted by atomic mass is 10.1. The van der Waals surface area contributed by atoms with Gasteiger partial charge < -0.3 is 0 Å². The minimum absolute atomic E-state index is 0.0500. The maximum Gasteiger partial charge on any atom is 0.278 e. The molecule has 0 atom stereocenters. The molecule has 0 bridgehead atoms. The molecule has 0 radical (unpaired) electrons. The largest absolute Gasteiger partial charge is 0.278 e. The Labute approximate surface area is 102 Å². The van der Waals surface area contributed by atoms with Crippen LogP contribution in [0, 0.1) is 10.1 Å². The molecule has 18 heavy (non-hydrogen) atoms. The van der Waals surface area contributed by atoms with E-state index in [-0.39, 0.29) is 5.69 Å². The number of hydrogen-bond donors (Lipinski definition) is 0. The molecule has 0 aliphatic rings. The highest BCUT2D eigenvalue weighted by Crippen LogP contribution is 2.29. The summed E-state index contributed by atoms with van der Waals surface area (Å²) < 4.78 is 1.67. The van der Waals surface area contributed by atoms with Crippen LogP contribution in [-0.4, -0.2) is 19.7 Å². The third kappa shape index (κ3) is 1.51. The molecule has 0 unspecified atom stereocenters. The van der Waals surface area contributed by atoms with Crippen LogP contribution in [0.1, 0.15) is 0 Å². The topological polar surface area (TPSA) is 73.8 Å². The molecule has 6 nitrogen and oxygen atoms in total. The van der Waals surface area contributed by atoms with Crippen LogP contribution < -0.4 is 0 Å². The van der Waals surface area contributed by atoms with Gasteiger partial charge in [-0.05, 0) is 18.2 Å². The summed E-state index contributed by atoms with van der Waals surface area (Å²) >= 11 is 0. The summed E-state index contributed by atoms with van der Waals surface area (Å²) in [7, 11) is 0. The minimum Gasteiger partial charge on any atom is -0.264 e. The number of benzene rings is 1. The van der Waals surface area contributed by atoms with Crippen molar-refractivity contribution in [1.29, 1.82) is 0 Å². The van der Waals surface area contributed by atoms with E-state index < -0.39 is 4.92 Å². The van der Waals surface area contributed by atoms with Crippen LogP contribution in [0.25, 0.3) is 16.5 Å². The average Bonchev–Trinajstić information content (AvgIpc) is 2.91. The Morgan fingerprint density at radius 2 is 2.06 bits per heavy atom. The Kier molecular flexibility index (Phi) is 2.26. The first-order chi connectivity index (χ1) is 8.77. The van der Waals surface area contributed by atoms with Gasteiger partial charge in [0, 0.05) is 36.2 Å². The van der Waals surface area contributed by atoms with Crippen molar-refractivity contribution in [2.75, 3.05) is 0 Å². The fourth-order valence-corrected chi connectivity index (χ4v) is 1.93. The summed E-state index contributed by atoms with van der Waals surface area (Å²) in [5.41, 5.74) is 0.844. The number of hydrogen-bond acceptors (Lipinski definition) is 4. The Morgan fingerprint density at radius 1 is 1.17 bits per heavy atom. The summed E-state index contributed by atoms with van der Waals surface area (Å²) in [5, 5.41) is 16.4. The van der Waals surface area contributed by atoms with Crippen LogP contribution in [0.2, 0.25) is 0 Å². The predicted octanol–water partition coefficient (Wildman–Crippen LogP) is 2.33. The second-order valence-electron chi connectivity index (χ2n) is 3.73. The smallest absolute Gasteiger partial charge is 0.264 e. The van der Waals surface area contributed by atoms with Crippen molar-refractivity contribution < 1.29 is 4.92 Å². The quantitative estimate of drug-likeness (QED) is 0.509. The Bertz CT molecular complexity index is 722. The van der Waals surface area contributed by atoms with Crippen LogP contribution >= 0.6 is 0 Å². The van der Waals surface area contributed by atoms with Gasteiger partial charge in [0.15, 0.2) is 0 Å². The summed E-state index contributed by atoms with van der Waals surface area (Å²) in [6.07, 6.45) is 6.56. The maximum absolute atomic E-state index is 11.0. The second kappa shape index (κ2) is 3.92. The van der Waals surface area contributed by atoms with Gasteiger partial charge in [-0.1, -0.05) is 0 Å². The number of fused-ring (bicyclic) bond motifs is 1. The highest BCUT2D eigenvalue weighted by Gasteiger charge is 2.14. The first kappa shape index (κ1) is 10.4. The zero-order chi connectivity index (χ0) is 12.5. The number of non-ortho nitro benzene ring substituents is 1. The van der Waals surface area contributed by atoms with E-state index in [2.05, 4.69) is 10.1 Å². The molecule has 2 aromatic heterocycles.